The van der Waals surface area contributed by atoms with E-state index in [2.05, 4.69) is 10.6 Å². The van der Waals surface area contributed by atoms with Crippen molar-refractivity contribution in [3.63, 3.8) is 0 Å². The Morgan fingerprint density at radius 1 is 1.29 bits per heavy atom. The van der Waals surface area contributed by atoms with Gasteiger partial charge in [0.2, 0.25) is 11.8 Å². The first-order valence-corrected chi connectivity index (χ1v) is 8.90. The number of benzene rings is 1. The van der Waals surface area contributed by atoms with Gasteiger partial charge in [0.1, 0.15) is 6.04 Å². The number of nitrogens with zero attached hydrogens (tertiary/aromatic N) is 1. The third-order valence-electron chi connectivity index (χ3n) is 4.51. The van der Waals surface area contributed by atoms with Gasteiger partial charge in [-0.05, 0) is 37.9 Å². The molecule has 0 spiro atoms. The van der Waals surface area contributed by atoms with E-state index in [-0.39, 0.29) is 11.8 Å². The molecule has 0 saturated carbocycles. The highest BCUT2D eigenvalue weighted by molar-refractivity contribution is 5.88. The first kappa shape index (κ1) is 18.5. The van der Waals surface area contributed by atoms with E-state index in [0.29, 0.717) is 18.8 Å². The molecular formula is C19H29N3O2. The van der Waals surface area contributed by atoms with Crippen LogP contribution in [0.2, 0.25) is 0 Å². The predicted molar refractivity (Wildman–Crippen MR) is 95.6 cm³/mol. The normalized spacial score (nSPS) is 18.4. The van der Waals surface area contributed by atoms with E-state index in [4.69, 9.17) is 0 Å². The van der Waals surface area contributed by atoms with Crippen LogP contribution in [0.25, 0.3) is 0 Å². The second-order valence-corrected chi connectivity index (χ2v) is 6.57. The van der Waals surface area contributed by atoms with Crippen molar-refractivity contribution in [2.75, 3.05) is 26.7 Å². The SMILES string of the molecule is CCCC(NC(=O)Cc1ccccc1)C(=O)N1CCC(CNC)C1. The van der Waals surface area contributed by atoms with Gasteiger partial charge in [-0.1, -0.05) is 43.7 Å². The van der Waals surface area contributed by atoms with E-state index in [1.54, 1.807) is 0 Å². The number of carbonyl (C=O) groups is 2. The Balaban J connectivity index is 1.91. The number of amides is 2. The molecule has 2 rings (SSSR count). The molecular weight excluding hydrogens is 302 g/mol. The van der Waals surface area contributed by atoms with E-state index in [1.165, 1.54) is 0 Å². The lowest BCUT2D eigenvalue weighted by Crippen LogP contribution is -2.48. The van der Waals surface area contributed by atoms with Crippen LogP contribution in [0.5, 0.6) is 0 Å². The minimum absolute atomic E-state index is 0.0665. The molecule has 5 heteroatoms. The topological polar surface area (TPSA) is 61.4 Å². The maximum absolute atomic E-state index is 12.8. The standard InChI is InChI=1S/C19H29N3O2/c1-3-7-17(19(24)22-11-10-16(14-22)13-20-2)21-18(23)12-15-8-5-4-6-9-15/h4-6,8-9,16-17,20H,3,7,10-14H2,1-2H3,(H,21,23). The van der Waals surface area contributed by atoms with Crippen molar-refractivity contribution in [2.45, 2.75) is 38.6 Å². The molecule has 1 aliphatic rings. The first-order valence-electron chi connectivity index (χ1n) is 8.90. The predicted octanol–water partition coefficient (Wildman–Crippen LogP) is 1.58. The fourth-order valence-electron chi connectivity index (χ4n) is 3.28. The smallest absolute Gasteiger partial charge is 0.245 e. The van der Waals surface area contributed by atoms with Crippen LogP contribution in [0, 0.1) is 5.92 Å². The Hall–Kier alpha value is -1.88. The van der Waals surface area contributed by atoms with Gasteiger partial charge in [-0.3, -0.25) is 9.59 Å². The molecule has 2 unspecified atom stereocenters. The fourth-order valence-corrected chi connectivity index (χ4v) is 3.28. The van der Waals surface area contributed by atoms with Crippen molar-refractivity contribution in [3.05, 3.63) is 35.9 Å². The summed E-state index contributed by atoms with van der Waals surface area (Å²) >= 11 is 0. The van der Waals surface area contributed by atoms with Gasteiger partial charge in [0.25, 0.3) is 0 Å². The number of hydrogen-bond acceptors (Lipinski definition) is 3. The average molecular weight is 331 g/mol. The molecule has 0 aromatic heterocycles. The van der Waals surface area contributed by atoms with E-state index in [1.807, 2.05) is 49.2 Å². The zero-order chi connectivity index (χ0) is 17.4. The summed E-state index contributed by atoms with van der Waals surface area (Å²) in [5, 5.41) is 6.12. The summed E-state index contributed by atoms with van der Waals surface area (Å²) in [7, 11) is 1.94. The second-order valence-electron chi connectivity index (χ2n) is 6.57. The van der Waals surface area contributed by atoms with Crippen molar-refractivity contribution in [2.24, 2.45) is 5.92 Å². The maximum Gasteiger partial charge on any atom is 0.245 e. The van der Waals surface area contributed by atoms with Crippen LogP contribution in [-0.4, -0.2) is 49.4 Å². The number of carbonyl (C=O) groups excluding carboxylic acids is 2. The summed E-state index contributed by atoms with van der Waals surface area (Å²) in [5.74, 6) is 0.497. The zero-order valence-corrected chi connectivity index (χ0v) is 14.8. The molecule has 0 aliphatic carbocycles. The third kappa shape index (κ3) is 5.34. The number of hydrogen-bond donors (Lipinski definition) is 2. The van der Waals surface area contributed by atoms with Gasteiger partial charge < -0.3 is 15.5 Å². The summed E-state index contributed by atoms with van der Waals surface area (Å²) in [5.41, 5.74) is 0.966. The van der Waals surface area contributed by atoms with Gasteiger partial charge >= 0.3 is 0 Å². The molecule has 132 valence electrons. The Morgan fingerprint density at radius 3 is 2.71 bits per heavy atom. The molecule has 0 bridgehead atoms. The molecule has 1 aromatic carbocycles. The summed E-state index contributed by atoms with van der Waals surface area (Å²) in [6.07, 6.45) is 2.91. The number of nitrogens with one attached hydrogen (secondary N) is 2. The Bertz CT molecular complexity index is 533. The largest absolute Gasteiger partial charge is 0.344 e. The van der Waals surface area contributed by atoms with Gasteiger partial charge in [0, 0.05) is 13.1 Å². The van der Waals surface area contributed by atoms with E-state index in [0.717, 1.165) is 38.0 Å². The Morgan fingerprint density at radius 2 is 2.04 bits per heavy atom. The van der Waals surface area contributed by atoms with Crippen molar-refractivity contribution in [3.8, 4) is 0 Å². The van der Waals surface area contributed by atoms with Crippen LogP contribution in [-0.2, 0) is 16.0 Å². The quantitative estimate of drug-likeness (QED) is 0.760. The lowest BCUT2D eigenvalue weighted by Gasteiger charge is -2.24. The van der Waals surface area contributed by atoms with Crippen LogP contribution in [0.1, 0.15) is 31.7 Å². The molecule has 1 fully saturated rings. The molecule has 5 nitrogen and oxygen atoms in total. The minimum Gasteiger partial charge on any atom is -0.344 e. The van der Waals surface area contributed by atoms with Crippen LogP contribution < -0.4 is 10.6 Å². The number of rotatable bonds is 8. The molecule has 24 heavy (non-hydrogen) atoms. The van der Waals surface area contributed by atoms with Crippen molar-refractivity contribution >= 4 is 11.8 Å². The number of likely N-dealkylation sites (tertiary alicyclic amines) is 1. The fraction of sp³-hybridized carbons (Fsp3) is 0.579. The molecule has 1 heterocycles. The summed E-state index contributed by atoms with van der Waals surface area (Å²) < 4.78 is 0. The first-order chi connectivity index (χ1) is 11.6. The highest BCUT2D eigenvalue weighted by Gasteiger charge is 2.30. The highest BCUT2D eigenvalue weighted by atomic mass is 16.2. The van der Waals surface area contributed by atoms with E-state index in [9.17, 15) is 9.59 Å². The lowest BCUT2D eigenvalue weighted by molar-refractivity contribution is -0.135. The minimum atomic E-state index is -0.403. The molecule has 2 N–H and O–H groups in total. The average Bonchev–Trinajstić information content (AvgIpc) is 3.03. The van der Waals surface area contributed by atoms with Crippen molar-refractivity contribution < 1.29 is 9.59 Å². The van der Waals surface area contributed by atoms with Crippen molar-refractivity contribution in [1.82, 2.24) is 15.5 Å². The van der Waals surface area contributed by atoms with Gasteiger partial charge in [0.05, 0.1) is 6.42 Å². The maximum atomic E-state index is 12.8. The molecule has 1 aliphatic heterocycles. The summed E-state index contributed by atoms with van der Waals surface area (Å²) in [6.45, 7) is 4.55. The zero-order valence-electron chi connectivity index (χ0n) is 14.8. The lowest BCUT2D eigenvalue weighted by atomic mass is 10.1. The van der Waals surface area contributed by atoms with Crippen LogP contribution in [0.4, 0.5) is 0 Å². The van der Waals surface area contributed by atoms with Crippen molar-refractivity contribution in [1.29, 1.82) is 0 Å². The Kier molecular flexibility index (Phi) is 7.25. The molecule has 1 aromatic rings. The van der Waals surface area contributed by atoms with Gasteiger partial charge in [0.15, 0.2) is 0 Å². The van der Waals surface area contributed by atoms with Crippen LogP contribution in [0.3, 0.4) is 0 Å². The van der Waals surface area contributed by atoms with E-state index >= 15 is 0 Å². The highest BCUT2D eigenvalue weighted by Crippen LogP contribution is 2.17. The Labute approximate surface area is 144 Å². The second kappa shape index (κ2) is 9.42. The molecule has 2 amide bonds. The molecule has 0 radical (unpaired) electrons. The van der Waals surface area contributed by atoms with Crippen LogP contribution >= 0.6 is 0 Å². The summed E-state index contributed by atoms with van der Waals surface area (Å²) in [4.78, 5) is 27.0. The molecule has 1 saturated heterocycles. The third-order valence-corrected chi connectivity index (χ3v) is 4.51. The van der Waals surface area contributed by atoms with Crippen LogP contribution in [0.15, 0.2) is 30.3 Å². The molecule has 2 atom stereocenters. The summed E-state index contributed by atoms with van der Waals surface area (Å²) in [6, 6.07) is 9.23. The van der Waals surface area contributed by atoms with E-state index < -0.39 is 6.04 Å². The van der Waals surface area contributed by atoms with Gasteiger partial charge in [-0.15, -0.1) is 0 Å². The van der Waals surface area contributed by atoms with Gasteiger partial charge in [-0.25, -0.2) is 0 Å². The monoisotopic (exact) mass is 331 g/mol. The van der Waals surface area contributed by atoms with Gasteiger partial charge in [-0.2, -0.15) is 0 Å².